The van der Waals surface area contributed by atoms with E-state index < -0.39 is 5.82 Å². The second kappa shape index (κ2) is 7.39. The monoisotopic (exact) mass is 353 g/mol. The number of nitrogens with zero attached hydrogens (tertiary/aromatic N) is 2. The van der Waals surface area contributed by atoms with Crippen molar-refractivity contribution in [1.82, 2.24) is 9.78 Å². The molecule has 0 aliphatic heterocycles. The Labute approximate surface area is 151 Å². The maximum Gasteiger partial charge on any atom is 0.228 e. The molecule has 0 atom stereocenters. The molecule has 0 aliphatic carbocycles. The lowest BCUT2D eigenvalue weighted by Gasteiger charge is -2.09. The molecule has 1 N–H and O–H groups in total. The van der Waals surface area contributed by atoms with Gasteiger partial charge in [0.25, 0.3) is 0 Å². The van der Waals surface area contributed by atoms with Gasteiger partial charge in [0, 0.05) is 11.4 Å². The SMILES string of the molecule is COc1ccc(CC(=O)Nc2cccc(-n3nc(C)cc3C)c2)cc1F. The van der Waals surface area contributed by atoms with Crippen LogP contribution >= 0.6 is 0 Å². The van der Waals surface area contributed by atoms with Crippen molar-refractivity contribution in [2.24, 2.45) is 0 Å². The number of aromatic nitrogens is 2. The summed E-state index contributed by atoms with van der Waals surface area (Å²) >= 11 is 0. The number of nitrogens with one attached hydrogen (secondary N) is 1. The molecule has 0 fully saturated rings. The minimum Gasteiger partial charge on any atom is -0.494 e. The van der Waals surface area contributed by atoms with Crippen molar-refractivity contribution in [1.29, 1.82) is 0 Å². The summed E-state index contributed by atoms with van der Waals surface area (Å²) < 4.78 is 20.4. The van der Waals surface area contributed by atoms with Crippen LogP contribution in [0.5, 0.6) is 5.75 Å². The highest BCUT2D eigenvalue weighted by Gasteiger charge is 2.09. The maximum absolute atomic E-state index is 13.7. The summed E-state index contributed by atoms with van der Waals surface area (Å²) in [5, 5.41) is 7.29. The van der Waals surface area contributed by atoms with Crippen LogP contribution in [0.1, 0.15) is 17.0 Å². The fraction of sp³-hybridized carbons (Fsp3) is 0.200. The van der Waals surface area contributed by atoms with Crippen molar-refractivity contribution >= 4 is 11.6 Å². The molecule has 1 amide bonds. The van der Waals surface area contributed by atoms with E-state index in [1.807, 2.05) is 48.9 Å². The van der Waals surface area contributed by atoms with Crippen LogP contribution in [0.2, 0.25) is 0 Å². The van der Waals surface area contributed by atoms with Gasteiger partial charge in [0.05, 0.1) is 24.9 Å². The third-order valence-corrected chi connectivity index (χ3v) is 3.96. The summed E-state index contributed by atoms with van der Waals surface area (Å²) in [7, 11) is 1.40. The molecule has 0 saturated carbocycles. The summed E-state index contributed by atoms with van der Waals surface area (Å²) in [5.41, 5.74) is 4.05. The first kappa shape index (κ1) is 17.7. The fourth-order valence-electron chi connectivity index (χ4n) is 2.82. The molecule has 0 aliphatic rings. The van der Waals surface area contributed by atoms with Crippen molar-refractivity contribution in [3.8, 4) is 11.4 Å². The first-order valence-corrected chi connectivity index (χ1v) is 8.22. The van der Waals surface area contributed by atoms with Gasteiger partial charge in [0.2, 0.25) is 5.91 Å². The van der Waals surface area contributed by atoms with Gasteiger partial charge < -0.3 is 10.1 Å². The number of benzene rings is 2. The Balaban J connectivity index is 1.73. The first-order chi connectivity index (χ1) is 12.5. The van der Waals surface area contributed by atoms with Crippen molar-refractivity contribution in [3.05, 3.63) is 71.3 Å². The van der Waals surface area contributed by atoms with Crippen LogP contribution in [0.3, 0.4) is 0 Å². The molecule has 5 nitrogen and oxygen atoms in total. The van der Waals surface area contributed by atoms with E-state index in [9.17, 15) is 9.18 Å². The van der Waals surface area contributed by atoms with Crippen LogP contribution in [0, 0.1) is 19.7 Å². The number of methoxy groups -OCH3 is 1. The number of amides is 1. The highest BCUT2D eigenvalue weighted by molar-refractivity contribution is 5.92. The van der Waals surface area contributed by atoms with Gasteiger partial charge in [-0.05, 0) is 55.8 Å². The van der Waals surface area contributed by atoms with Crippen LogP contribution in [-0.2, 0) is 11.2 Å². The standard InChI is InChI=1S/C20H20FN3O2/c1-13-9-14(2)24(23-13)17-6-4-5-16(12-17)22-20(25)11-15-7-8-19(26-3)18(21)10-15/h4-10,12H,11H2,1-3H3,(H,22,25). The molecule has 0 unspecified atom stereocenters. The third kappa shape index (κ3) is 3.91. The summed E-state index contributed by atoms with van der Waals surface area (Å²) in [4.78, 5) is 12.3. The van der Waals surface area contributed by atoms with E-state index in [1.54, 1.807) is 6.07 Å². The zero-order chi connectivity index (χ0) is 18.7. The van der Waals surface area contributed by atoms with Crippen LogP contribution < -0.4 is 10.1 Å². The number of ether oxygens (including phenoxy) is 1. The average Bonchev–Trinajstić information content (AvgIpc) is 2.93. The van der Waals surface area contributed by atoms with Crippen molar-refractivity contribution in [2.45, 2.75) is 20.3 Å². The molecule has 3 aromatic rings. The first-order valence-electron chi connectivity index (χ1n) is 8.22. The number of hydrogen-bond acceptors (Lipinski definition) is 3. The Morgan fingerprint density at radius 2 is 2.00 bits per heavy atom. The van der Waals surface area contributed by atoms with Crippen LogP contribution in [0.25, 0.3) is 5.69 Å². The average molecular weight is 353 g/mol. The molecule has 0 bridgehead atoms. The van der Waals surface area contributed by atoms with Gasteiger partial charge in [-0.3, -0.25) is 4.79 Å². The Morgan fingerprint density at radius 1 is 1.19 bits per heavy atom. The Hall–Kier alpha value is -3.15. The van der Waals surface area contributed by atoms with Gasteiger partial charge in [-0.2, -0.15) is 5.10 Å². The molecule has 134 valence electrons. The number of anilines is 1. The number of carbonyl (C=O) groups is 1. The zero-order valence-electron chi connectivity index (χ0n) is 14.9. The molecule has 2 aromatic carbocycles. The summed E-state index contributed by atoms with van der Waals surface area (Å²) in [5.74, 6) is -0.545. The quantitative estimate of drug-likeness (QED) is 0.759. The minimum absolute atomic E-state index is 0.0745. The number of carbonyl (C=O) groups excluding carboxylic acids is 1. The third-order valence-electron chi connectivity index (χ3n) is 3.96. The normalized spacial score (nSPS) is 10.6. The lowest BCUT2D eigenvalue weighted by Crippen LogP contribution is -2.15. The van der Waals surface area contributed by atoms with E-state index in [0.717, 1.165) is 17.1 Å². The highest BCUT2D eigenvalue weighted by atomic mass is 19.1. The van der Waals surface area contributed by atoms with E-state index in [-0.39, 0.29) is 18.1 Å². The lowest BCUT2D eigenvalue weighted by molar-refractivity contribution is -0.115. The fourth-order valence-corrected chi connectivity index (χ4v) is 2.82. The topological polar surface area (TPSA) is 56.1 Å². The molecule has 0 saturated heterocycles. The zero-order valence-corrected chi connectivity index (χ0v) is 14.9. The predicted molar refractivity (Wildman–Crippen MR) is 98.3 cm³/mol. The van der Waals surface area contributed by atoms with E-state index in [0.29, 0.717) is 11.3 Å². The predicted octanol–water partition coefficient (Wildman–Crippen LogP) is 3.82. The van der Waals surface area contributed by atoms with Gasteiger partial charge in [-0.25, -0.2) is 9.07 Å². The largest absolute Gasteiger partial charge is 0.494 e. The van der Waals surface area contributed by atoms with Crippen LogP contribution in [0.4, 0.5) is 10.1 Å². The minimum atomic E-state index is -0.482. The molecule has 0 radical (unpaired) electrons. The molecular formula is C20H20FN3O2. The van der Waals surface area contributed by atoms with Gasteiger partial charge in [0.15, 0.2) is 11.6 Å². The Kier molecular flexibility index (Phi) is 5.02. The summed E-state index contributed by atoms with van der Waals surface area (Å²) in [6, 6.07) is 13.9. The molecular weight excluding hydrogens is 333 g/mol. The molecule has 26 heavy (non-hydrogen) atoms. The summed E-state index contributed by atoms with van der Waals surface area (Å²) in [6.07, 6.45) is 0.0745. The maximum atomic E-state index is 13.7. The van der Waals surface area contributed by atoms with Crippen LogP contribution in [-0.4, -0.2) is 22.8 Å². The molecule has 3 rings (SSSR count). The second-order valence-electron chi connectivity index (χ2n) is 6.08. The van der Waals surface area contributed by atoms with Crippen molar-refractivity contribution in [3.63, 3.8) is 0 Å². The molecule has 0 spiro atoms. The van der Waals surface area contributed by atoms with E-state index >= 15 is 0 Å². The molecule has 6 heteroatoms. The highest BCUT2D eigenvalue weighted by Crippen LogP contribution is 2.19. The van der Waals surface area contributed by atoms with E-state index in [4.69, 9.17) is 4.74 Å². The smallest absolute Gasteiger partial charge is 0.228 e. The van der Waals surface area contributed by atoms with Crippen molar-refractivity contribution in [2.75, 3.05) is 12.4 Å². The van der Waals surface area contributed by atoms with E-state index in [2.05, 4.69) is 10.4 Å². The Morgan fingerprint density at radius 3 is 2.65 bits per heavy atom. The number of aryl methyl sites for hydroxylation is 2. The van der Waals surface area contributed by atoms with Gasteiger partial charge in [-0.1, -0.05) is 12.1 Å². The van der Waals surface area contributed by atoms with Gasteiger partial charge >= 0.3 is 0 Å². The number of hydrogen-bond donors (Lipinski definition) is 1. The van der Waals surface area contributed by atoms with E-state index in [1.165, 1.54) is 19.2 Å². The Bertz CT molecular complexity index is 950. The van der Waals surface area contributed by atoms with Gasteiger partial charge in [0.1, 0.15) is 0 Å². The lowest BCUT2D eigenvalue weighted by atomic mass is 10.1. The van der Waals surface area contributed by atoms with Crippen LogP contribution in [0.15, 0.2) is 48.5 Å². The second-order valence-corrected chi connectivity index (χ2v) is 6.08. The summed E-state index contributed by atoms with van der Waals surface area (Å²) in [6.45, 7) is 3.91. The molecule has 1 heterocycles. The van der Waals surface area contributed by atoms with Gasteiger partial charge in [-0.15, -0.1) is 0 Å². The number of rotatable bonds is 5. The molecule has 1 aromatic heterocycles. The number of halogens is 1. The van der Waals surface area contributed by atoms with Crippen molar-refractivity contribution < 1.29 is 13.9 Å².